The number of amides is 1. The second kappa shape index (κ2) is 5.63. The minimum Gasteiger partial charge on any atom is -0.325 e. The van der Waals surface area contributed by atoms with Gasteiger partial charge in [-0.2, -0.15) is 5.26 Å². The number of rotatable bonds is 2. The van der Waals surface area contributed by atoms with Gasteiger partial charge in [0.2, 0.25) is 5.91 Å². The predicted octanol–water partition coefficient (Wildman–Crippen LogP) is 2.55. The van der Waals surface area contributed by atoms with Gasteiger partial charge in [0.15, 0.2) is 0 Å². The number of hydrogen-bond donors (Lipinski definition) is 1. The highest BCUT2D eigenvalue weighted by atomic mass is 32.2. The maximum atomic E-state index is 12.3. The summed E-state index contributed by atoms with van der Waals surface area (Å²) in [6, 6.07) is 7.64. The van der Waals surface area contributed by atoms with E-state index in [1.165, 1.54) is 0 Å². The van der Waals surface area contributed by atoms with Crippen LogP contribution in [0.3, 0.4) is 0 Å². The van der Waals surface area contributed by atoms with Gasteiger partial charge in [-0.25, -0.2) is 0 Å². The number of fused-ring (bicyclic) bond motifs is 1. The molecule has 0 radical (unpaired) electrons. The average molecular weight is 301 g/mol. The van der Waals surface area contributed by atoms with Crippen molar-refractivity contribution in [3.05, 3.63) is 29.3 Å². The molecule has 2 heterocycles. The summed E-state index contributed by atoms with van der Waals surface area (Å²) in [4.78, 5) is 12.3. The van der Waals surface area contributed by atoms with E-state index in [0.717, 1.165) is 37.2 Å². The fraction of sp³-hybridized carbons (Fsp3) is 0.438. The van der Waals surface area contributed by atoms with E-state index in [1.54, 1.807) is 6.07 Å². The van der Waals surface area contributed by atoms with Crippen LogP contribution < -0.4 is 5.32 Å². The molecule has 1 aromatic carbocycles. The average Bonchev–Trinajstić information content (AvgIpc) is 2.82. The van der Waals surface area contributed by atoms with Gasteiger partial charge in [0.25, 0.3) is 0 Å². The summed E-state index contributed by atoms with van der Waals surface area (Å²) in [7, 11) is 0.0623. The number of piperidine rings is 1. The maximum Gasteiger partial charge on any atom is 0.232 e. The summed E-state index contributed by atoms with van der Waals surface area (Å²) in [5.41, 5.74) is 2.50. The molecule has 1 N–H and O–H groups in total. The summed E-state index contributed by atoms with van der Waals surface area (Å²) in [6.07, 6.45) is 4.17. The van der Waals surface area contributed by atoms with E-state index in [-0.39, 0.29) is 22.5 Å². The van der Waals surface area contributed by atoms with E-state index in [1.807, 2.05) is 12.1 Å². The Kier molecular flexibility index (Phi) is 3.83. The monoisotopic (exact) mass is 301 g/mol. The van der Waals surface area contributed by atoms with Gasteiger partial charge in [-0.1, -0.05) is 5.87 Å². The van der Waals surface area contributed by atoms with Gasteiger partial charge in [0.05, 0.1) is 17.6 Å². The molecule has 0 bridgehead atoms. The molecule has 2 atom stereocenters. The minimum atomic E-state index is -0.0982. The first-order chi connectivity index (χ1) is 10.1. The van der Waals surface area contributed by atoms with E-state index in [2.05, 4.69) is 27.8 Å². The van der Waals surface area contributed by atoms with Gasteiger partial charge in [-0.3, -0.25) is 9.10 Å². The van der Waals surface area contributed by atoms with Crippen LogP contribution in [0.25, 0.3) is 0 Å². The third kappa shape index (κ3) is 2.61. The van der Waals surface area contributed by atoms with Crippen LogP contribution in [0.15, 0.2) is 18.2 Å². The first-order valence-corrected chi connectivity index (χ1v) is 8.91. The van der Waals surface area contributed by atoms with E-state index in [4.69, 9.17) is 5.26 Å². The number of nitrogens with zero attached hydrogens (tertiary/aromatic N) is 2. The molecule has 21 heavy (non-hydrogen) atoms. The fourth-order valence-electron chi connectivity index (χ4n) is 3.34. The van der Waals surface area contributed by atoms with Gasteiger partial charge < -0.3 is 5.32 Å². The Hall–Kier alpha value is -1.64. The molecule has 4 nitrogen and oxygen atoms in total. The lowest BCUT2D eigenvalue weighted by atomic mass is 9.81. The zero-order chi connectivity index (χ0) is 15.0. The third-order valence-electron chi connectivity index (χ3n) is 4.47. The number of carbonyl (C=O) groups is 1. The third-order valence-corrected chi connectivity index (χ3v) is 5.71. The van der Waals surface area contributed by atoms with E-state index in [0.29, 0.717) is 11.5 Å². The number of carbonyl (C=O) groups excluding carboxylic acids is 1. The van der Waals surface area contributed by atoms with Crippen molar-refractivity contribution in [2.24, 2.45) is 5.92 Å². The zero-order valence-electron chi connectivity index (χ0n) is 12.1. The molecule has 2 aliphatic heterocycles. The Balaban J connectivity index is 1.83. The fourth-order valence-corrected chi connectivity index (χ4v) is 4.18. The number of nitriles is 1. The van der Waals surface area contributed by atoms with Crippen molar-refractivity contribution in [3.63, 3.8) is 0 Å². The standard InChI is InChI=1S/C16H19N3OS/c1-21(2)19-7-5-12(6-8-19)15-13-9-11(10-17)3-4-14(13)18-16(15)20/h3-4,9,12,15H,1,5-8H2,2H3,(H,18,20). The lowest BCUT2D eigenvalue weighted by molar-refractivity contribution is -0.118. The molecule has 1 aromatic rings. The van der Waals surface area contributed by atoms with Gasteiger partial charge in [-0.05, 0) is 48.8 Å². The molecule has 1 fully saturated rings. The molecule has 110 valence electrons. The van der Waals surface area contributed by atoms with Crippen LogP contribution in [-0.2, 0) is 4.79 Å². The summed E-state index contributed by atoms with van der Waals surface area (Å²) in [5.74, 6) is 4.45. The van der Waals surface area contributed by atoms with Crippen LogP contribution in [0.2, 0.25) is 0 Å². The summed E-state index contributed by atoms with van der Waals surface area (Å²) in [5, 5.41) is 12.0. The lowest BCUT2D eigenvalue weighted by Crippen LogP contribution is -2.34. The van der Waals surface area contributed by atoms with Crippen LogP contribution in [-0.4, -0.2) is 35.4 Å². The Morgan fingerprint density at radius 1 is 1.43 bits per heavy atom. The Labute approximate surface area is 127 Å². The number of anilines is 1. The second-order valence-electron chi connectivity index (χ2n) is 5.75. The normalized spacial score (nSPS) is 24.2. The van der Waals surface area contributed by atoms with Crippen molar-refractivity contribution < 1.29 is 4.79 Å². The smallest absolute Gasteiger partial charge is 0.232 e. The molecule has 2 aliphatic rings. The van der Waals surface area contributed by atoms with Crippen molar-refractivity contribution in [3.8, 4) is 6.07 Å². The number of nitrogens with one attached hydrogen (secondary N) is 1. The molecular formula is C16H19N3OS. The molecule has 1 saturated heterocycles. The molecule has 0 aliphatic carbocycles. The van der Waals surface area contributed by atoms with Crippen molar-refractivity contribution in [1.29, 1.82) is 5.26 Å². The quantitative estimate of drug-likeness (QED) is 0.854. The first-order valence-electron chi connectivity index (χ1n) is 7.15. The summed E-state index contributed by atoms with van der Waals surface area (Å²) < 4.78 is 2.38. The van der Waals surface area contributed by atoms with Crippen molar-refractivity contribution >= 4 is 28.1 Å². The second-order valence-corrected chi connectivity index (χ2v) is 7.46. The van der Waals surface area contributed by atoms with E-state index >= 15 is 0 Å². The molecule has 0 spiro atoms. The zero-order valence-corrected chi connectivity index (χ0v) is 12.9. The summed E-state index contributed by atoms with van der Waals surface area (Å²) in [6.45, 7) is 2.01. The van der Waals surface area contributed by atoms with Crippen LogP contribution >= 0.6 is 10.7 Å². The largest absolute Gasteiger partial charge is 0.325 e. The Bertz CT molecular complexity index is 641. The first kappa shape index (κ1) is 14.3. The SMILES string of the molecule is C=S(C)N1CCC(C2C(=O)Nc3ccc(C#N)cc32)CC1. The van der Waals surface area contributed by atoms with Gasteiger partial charge in [0.1, 0.15) is 0 Å². The highest BCUT2D eigenvalue weighted by Gasteiger charge is 2.38. The van der Waals surface area contributed by atoms with Gasteiger partial charge in [0, 0.05) is 18.8 Å². The Morgan fingerprint density at radius 3 is 2.76 bits per heavy atom. The summed E-state index contributed by atoms with van der Waals surface area (Å²) >= 11 is 0. The lowest BCUT2D eigenvalue weighted by Gasteiger charge is -2.34. The van der Waals surface area contributed by atoms with Crippen molar-refractivity contribution in [1.82, 2.24) is 4.31 Å². The molecule has 1 amide bonds. The number of benzene rings is 1. The van der Waals surface area contributed by atoms with Crippen molar-refractivity contribution in [2.45, 2.75) is 18.8 Å². The molecule has 2 unspecified atom stereocenters. The van der Waals surface area contributed by atoms with Crippen LogP contribution in [0.5, 0.6) is 0 Å². The highest BCUT2D eigenvalue weighted by molar-refractivity contribution is 8.11. The van der Waals surface area contributed by atoms with E-state index in [9.17, 15) is 4.79 Å². The van der Waals surface area contributed by atoms with Crippen molar-refractivity contribution in [2.75, 3.05) is 24.7 Å². The van der Waals surface area contributed by atoms with Crippen LogP contribution in [0.4, 0.5) is 5.69 Å². The predicted molar refractivity (Wildman–Crippen MR) is 87.5 cm³/mol. The van der Waals surface area contributed by atoms with Gasteiger partial charge >= 0.3 is 0 Å². The number of hydrogen-bond acceptors (Lipinski definition) is 3. The topological polar surface area (TPSA) is 56.1 Å². The van der Waals surface area contributed by atoms with Gasteiger partial charge in [-0.15, -0.1) is 10.7 Å². The van der Waals surface area contributed by atoms with E-state index < -0.39 is 0 Å². The Morgan fingerprint density at radius 2 is 2.14 bits per heavy atom. The highest BCUT2D eigenvalue weighted by Crippen LogP contribution is 2.42. The minimum absolute atomic E-state index is 0.0623. The molecule has 3 rings (SSSR count). The van der Waals surface area contributed by atoms with Crippen LogP contribution in [0, 0.1) is 17.2 Å². The maximum absolute atomic E-state index is 12.3. The molecule has 0 aromatic heterocycles. The molecular weight excluding hydrogens is 282 g/mol. The molecule has 0 saturated carbocycles. The van der Waals surface area contributed by atoms with Crippen LogP contribution in [0.1, 0.15) is 29.9 Å². The molecule has 5 heteroatoms.